The van der Waals surface area contributed by atoms with Crippen molar-refractivity contribution in [2.75, 3.05) is 19.7 Å². The third-order valence-corrected chi connectivity index (χ3v) is 4.08. The predicted molar refractivity (Wildman–Crippen MR) is 101 cm³/mol. The number of aromatic nitrogens is 3. The Morgan fingerprint density at radius 1 is 1.46 bits per heavy atom. The van der Waals surface area contributed by atoms with Gasteiger partial charge in [-0.1, -0.05) is 11.6 Å². The maximum atomic E-state index is 12.9. The van der Waals surface area contributed by atoms with Gasteiger partial charge in [-0.15, -0.1) is 34.2 Å². The number of aliphatic imine (C=N–C) groups is 1. The maximum absolute atomic E-state index is 12.9. The highest BCUT2D eigenvalue weighted by Crippen LogP contribution is 2.32. The van der Waals surface area contributed by atoms with E-state index >= 15 is 0 Å². The fraction of sp³-hybridized carbons (Fsp3) is 0.500. The van der Waals surface area contributed by atoms with Gasteiger partial charge >= 0.3 is 6.18 Å². The number of morpholine rings is 1. The van der Waals surface area contributed by atoms with Gasteiger partial charge in [0, 0.05) is 19.3 Å². The number of fused-ring (bicyclic) bond motifs is 1. The summed E-state index contributed by atoms with van der Waals surface area (Å²) in [6, 6.07) is 0.822. The van der Waals surface area contributed by atoms with E-state index in [1.807, 2.05) is 11.8 Å². The molecule has 0 saturated carbocycles. The molecule has 1 saturated heterocycles. The average Bonchev–Trinajstić information content (AvgIpc) is 2.95. The van der Waals surface area contributed by atoms with Crippen LogP contribution in [-0.4, -0.2) is 51.3 Å². The van der Waals surface area contributed by atoms with Gasteiger partial charge in [0.2, 0.25) is 0 Å². The lowest BCUT2D eigenvalue weighted by Crippen LogP contribution is -2.47. The van der Waals surface area contributed by atoms with Gasteiger partial charge in [0.1, 0.15) is 6.54 Å². The highest BCUT2D eigenvalue weighted by Gasteiger charge is 2.32. The van der Waals surface area contributed by atoms with Crippen LogP contribution < -0.4 is 5.73 Å². The Bertz CT molecular complexity index is 812. The number of nitrogens with zero attached hydrogens (tertiary/aromatic N) is 5. The first-order chi connectivity index (χ1) is 11.8. The Kier molecular flexibility index (Phi) is 6.55. The van der Waals surface area contributed by atoms with Crippen molar-refractivity contribution in [2.45, 2.75) is 25.7 Å². The summed E-state index contributed by atoms with van der Waals surface area (Å²) in [6.45, 7) is 3.64. The largest absolute Gasteiger partial charge is 0.417 e. The van der Waals surface area contributed by atoms with E-state index in [-0.39, 0.29) is 59.1 Å². The van der Waals surface area contributed by atoms with Gasteiger partial charge in [-0.25, -0.2) is 4.99 Å². The molecule has 1 atom stereocenters. The minimum Gasteiger partial charge on any atom is -0.375 e. The molecule has 1 aliphatic heterocycles. The van der Waals surface area contributed by atoms with Crippen LogP contribution in [0, 0.1) is 0 Å². The molecule has 0 aromatic carbocycles. The first-order valence-corrected chi connectivity index (χ1v) is 7.90. The van der Waals surface area contributed by atoms with Gasteiger partial charge in [0.15, 0.2) is 17.4 Å². The minimum absolute atomic E-state index is 0. The molecule has 1 unspecified atom stereocenters. The molecule has 1 fully saturated rings. The van der Waals surface area contributed by atoms with E-state index in [1.54, 1.807) is 0 Å². The second-order valence-corrected chi connectivity index (χ2v) is 6.09. The van der Waals surface area contributed by atoms with Gasteiger partial charge in [-0.2, -0.15) is 13.2 Å². The Morgan fingerprint density at radius 3 is 2.85 bits per heavy atom. The molecule has 0 amide bonds. The summed E-state index contributed by atoms with van der Waals surface area (Å²) in [6.07, 6.45) is -3.59. The second-order valence-electron chi connectivity index (χ2n) is 5.69. The Morgan fingerprint density at radius 2 is 2.19 bits per heavy atom. The van der Waals surface area contributed by atoms with Gasteiger partial charge in [-0.3, -0.25) is 4.40 Å². The van der Waals surface area contributed by atoms with E-state index in [1.165, 1.54) is 4.40 Å². The van der Waals surface area contributed by atoms with Crippen LogP contribution >= 0.6 is 35.6 Å². The molecule has 0 bridgehead atoms. The summed E-state index contributed by atoms with van der Waals surface area (Å²) < 4.78 is 45.5. The molecule has 3 rings (SSSR count). The fourth-order valence-corrected chi connectivity index (χ4v) is 2.79. The number of hydrogen-bond acceptors (Lipinski definition) is 4. The van der Waals surface area contributed by atoms with E-state index in [2.05, 4.69) is 15.2 Å². The van der Waals surface area contributed by atoms with Crippen molar-refractivity contribution in [1.82, 2.24) is 19.5 Å². The fourth-order valence-electron chi connectivity index (χ4n) is 2.54. The smallest absolute Gasteiger partial charge is 0.375 e. The highest BCUT2D eigenvalue weighted by atomic mass is 127. The van der Waals surface area contributed by atoms with Crippen LogP contribution in [0.3, 0.4) is 0 Å². The lowest BCUT2D eigenvalue weighted by molar-refractivity contribution is -0.137. The number of halogens is 5. The molecule has 7 nitrogen and oxygen atoms in total. The van der Waals surface area contributed by atoms with Crippen LogP contribution in [0.15, 0.2) is 17.3 Å². The zero-order chi connectivity index (χ0) is 18.2. The van der Waals surface area contributed by atoms with Crippen molar-refractivity contribution in [3.63, 3.8) is 0 Å². The van der Waals surface area contributed by atoms with Crippen molar-refractivity contribution >= 4 is 47.2 Å². The minimum atomic E-state index is -4.52. The summed E-state index contributed by atoms with van der Waals surface area (Å²) in [4.78, 5) is 6.07. The Balaban J connectivity index is 0.00000243. The zero-order valence-electron chi connectivity index (χ0n) is 13.7. The SMILES string of the molecule is CC1CN(C(N)=NCc2nnc3c(Cl)cc(C(F)(F)F)cn23)CCO1.I. The summed E-state index contributed by atoms with van der Waals surface area (Å²) in [7, 11) is 0. The molecule has 3 heterocycles. The molecule has 0 radical (unpaired) electrons. The van der Waals surface area contributed by atoms with Crippen LogP contribution in [0.2, 0.25) is 5.02 Å². The van der Waals surface area contributed by atoms with E-state index < -0.39 is 11.7 Å². The van der Waals surface area contributed by atoms with E-state index in [0.717, 1.165) is 12.3 Å². The standard InChI is InChI=1S/C14H16ClF3N6O.HI/c1-8-6-23(2-3-25-8)13(19)20-5-11-21-22-12-10(15)4-9(7-24(11)12)14(16,17)18;/h4,7-8H,2-3,5-6H2,1H3,(H2,19,20);1H. The zero-order valence-corrected chi connectivity index (χ0v) is 16.8. The van der Waals surface area contributed by atoms with Gasteiger partial charge in [0.25, 0.3) is 0 Å². The van der Waals surface area contributed by atoms with E-state index in [4.69, 9.17) is 22.1 Å². The average molecular weight is 505 g/mol. The number of nitrogens with two attached hydrogens (primary N) is 1. The molecule has 12 heteroatoms. The summed E-state index contributed by atoms with van der Waals surface area (Å²) in [5.74, 6) is 0.497. The molecule has 2 aromatic rings. The lowest BCUT2D eigenvalue weighted by atomic mass is 10.3. The van der Waals surface area contributed by atoms with Crippen LogP contribution in [-0.2, 0) is 17.5 Å². The molecule has 2 aromatic heterocycles. The van der Waals surface area contributed by atoms with Crippen LogP contribution in [0.4, 0.5) is 13.2 Å². The van der Waals surface area contributed by atoms with Gasteiger partial charge < -0.3 is 15.4 Å². The topological polar surface area (TPSA) is 81.0 Å². The van der Waals surface area contributed by atoms with Gasteiger partial charge in [0.05, 0.1) is 23.3 Å². The summed E-state index contributed by atoms with van der Waals surface area (Å²) in [5.41, 5.74) is 5.21. The van der Waals surface area contributed by atoms with Crippen LogP contribution in [0.1, 0.15) is 18.3 Å². The maximum Gasteiger partial charge on any atom is 0.417 e. The third-order valence-electron chi connectivity index (χ3n) is 3.81. The molecule has 0 spiro atoms. The molecular formula is C14H17ClF3IN6O. The highest BCUT2D eigenvalue weighted by molar-refractivity contribution is 14.0. The van der Waals surface area contributed by atoms with Crippen molar-refractivity contribution < 1.29 is 17.9 Å². The molecule has 2 N–H and O–H groups in total. The van der Waals surface area contributed by atoms with Crippen LogP contribution in [0.5, 0.6) is 0 Å². The number of pyridine rings is 1. The van der Waals surface area contributed by atoms with Gasteiger partial charge in [-0.05, 0) is 13.0 Å². The number of guanidine groups is 1. The number of alkyl halides is 3. The molecule has 26 heavy (non-hydrogen) atoms. The van der Waals surface area contributed by atoms with E-state index in [9.17, 15) is 13.2 Å². The first kappa shape index (κ1) is 21.0. The molecule has 0 aliphatic carbocycles. The summed E-state index contributed by atoms with van der Waals surface area (Å²) >= 11 is 5.88. The second kappa shape index (κ2) is 8.13. The molecular weight excluding hydrogens is 488 g/mol. The van der Waals surface area contributed by atoms with Crippen molar-refractivity contribution in [2.24, 2.45) is 10.7 Å². The quantitative estimate of drug-likeness (QED) is 0.386. The molecule has 144 valence electrons. The van der Waals surface area contributed by atoms with Crippen molar-refractivity contribution in [3.05, 3.63) is 28.7 Å². The monoisotopic (exact) mass is 504 g/mol. The van der Waals surface area contributed by atoms with Crippen molar-refractivity contribution in [1.29, 1.82) is 0 Å². The normalized spacial score (nSPS) is 18.9. The predicted octanol–water partition coefficient (Wildman–Crippen LogP) is 2.55. The Labute approximate surface area is 169 Å². The van der Waals surface area contributed by atoms with Crippen molar-refractivity contribution in [3.8, 4) is 0 Å². The summed E-state index contributed by atoms with van der Waals surface area (Å²) in [5, 5.41) is 7.55. The van der Waals surface area contributed by atoms with Crippen LogP contribution in [0.25, 0.3) is 5.65 Å². The number of rotatable bonds is 2. The number of hydrogen-bond donors (Lipinski definition) is 1. The lowest BCUT2D eigenvalue weighted by Gasteiger charge is -2.31. The van der Waals surface area contributed by atoms with E-state index in [0.29, 0.717) is 19.7 Å². The Hall–Kier alpha value is -1.34. The number of ether oxygens (including phenoxy) is 1. The molecule has 1 aliphatic rings. The first-order valence-electron chi connectivity index (χ1n) is 7.52. The third kappa shape index (κ3) is 4.49.